The van der Waals surface area contributed by atoms with Crippen LogP contribution in [-0.2, 0) is 17.9 Å². The molecular weight excluding hydrogens is 330 g/mol. The summed E-state index contributed by atoms with van der Waals surface area (Å²) in [5.41, 5.74) is 2.08. The molecular formula is C20H21N3O3. The van der Waals surface area contributed by atoms with Crippen molar-refractivity contribution in [1.82, 2.24) is 14.5 Å². The molecule has 134 valence electrons. The van der Waals surface area contributed by atoms with Crippen LogP contribution in [0.2, 0.25) is 0 Å². The molecule has 1 aromatic heterocycles. The summed E-state index contributed by atoms with van der Waals surface area (Å²) in [6, 6.07) is 14.9. The third kappa shape index (κ3) is 3.74. The molecule has 1 heterocycles. The number of hydrogen-bond donors (Lipinski definition) is 0. The van der Waals surface area contributed by atoms with Crippen LogP contribution in [0.3, 0.4) is 0 Å². The van der Waals surface area contributed by atoms with Gasteiger partial charge in [-0.25, -0.2) is 4.98 Å². The quantitative estimate of drug-likeness (QED) is 0.684. The van der Waals surface area contributed by atoms with Gasteiger partial charge in [0.15, 0.2) is 0 Å². The molecule has 0 saturated carbocycles. The van der Waals surface area contributed by atoms with E-state index in [0.29, 0.717) is 24.1 Å². The minimum Gasteiger partial charge on any atom is -0.497 e. The van der Waals surface area contributed by atoms with E-state index < -0.39 is 0 Å². The molecule has 0 saturated heterocycles. The van der Waals surface area contributed by atoms with E-state index in [1.54, 1.807) is 18.1 Å². The Morgan fingerprint density at radius 2 is 1.88 bits per heavy atom. The molecule has 0 aliphatic carbocycles. The summed E-state index contributed by atoms with van der Waals surface area (Å²) in [6.07, 6.45) is 1.26. The monoisotopic (exact) mass is 351 g/mol. The number of hydrogen-bond acceptors (Lipinski definition) is 4. The van der Waals surface area contributed by atoms with Crippen molar-refractivity contribution in [1.29, 1.82) is 0 Å². The number of para-hydroxylation sites is 2. The fourth-order valence-electron chi connectivity index (χ4n) is 2.84. The summed E-state index contributed by atoms with van der Waals surface area (Å²) in [4.78, 5) is 30.9. The highest BCUT2D eigenvalue weighted by Gasteiger charge is 2.15. The molecule has 0 aliphatic rings. The van der Waals surface area contributed by atoms with Crippen molar-refractivity contribution in [3.05, 3.63) is 70.6 Å². The lowest BCUT2D eigenvalue weighted by Gasteiger charge is -2.22. The van der Waals surface area contributed by atoms with Crippen molar-refractivity contribution in [2.24, 2.45) is 0 Å². The van der Waals surface area contributed by atoms with Crippen molar-refractivity contribution in [3.63, 3.8) is 0 Å². The zero-order valence-electron chi connectivity index (χ0n) is 14.9. The summed E-state index contributed by atoms with van der Waals surface area (Å²) >= 11 is 0. The maximum Gasteiger partial charge on any atom is 0.269 e. The van der Waals surface area contributed by atoms with Crippen molar-refractivity contribution in [2.75, 3.05) is 13.7 Å². The van der Waals surface area contributed by atoms with Gasteiger partial charge in [0.1, 0.15) is 12.3 Å². The molecule has 6 heteroatoms. The Labute approximate surface area is 151 Å². The molecule has 1 amide bonds. The maximum absolute atomic E-state index is 12.8. The number of amides is 1. The molecule has 0 spiro atoms. The molecule has 0 atom stereocenters. The van der Waals surface area contributed by atoms with Gasteiger partial charge in [-0.1, -0.05) is 24.3 Å². The number of carbonyl (C=O) groups excluding carboxylic acids is 1. The van der Waals surface area contributed by atoms with Crippen molar-refractivity contribution in [3.8, 4) is 5.75 Å². The van der Waals surface area contributed by atoms with E-state index in [0.717, 1.165) is 11.3 Å². The van der Waals surface area contributed by atoms with Gasteiger partial charge in [-0.3, -0.25) is 14.2 Å². The lowest BCUT2D eigenvalue weighted by molar-refractivity contribution is -0.132. The van der Waals surface area contributed by atoms with Gasteiger partial charge < -0.3 is 9.64 Å². The number of nitrogens with zero attached hydrogens (tertiary/aromatic N) is 3. The number of likely N-dealkylation sites (N-methyl/N-ethyl adjacent to an activating group) is 1. The largest absolute Gasteiger partial charge is 0.497 e. The van der Waals surface area contributed by atoms with Crippen LogP contribution < -0.4 is 10.3 Å². The summed E-state index contributed by atoms with van der Waals surface area (Å²) in [5.74, 6) is 0.666. The predicted molar refractivity (Wildman–Crippen MR) is 100 cm³/mol. The SMILES string of the molecule is CCN(Cc1ccc(OC)cc1)C(=O)Cn1c(=O)cnc2ccccc21. The molecule has 0 fully saturated rings. The minimum absolute atomic E-state index is 0.00807. The van der Waals surface area contributed by atoms with Gasteiger partial charge in [0.25, 0.3) is 5.56 Å². The fraction of sp³-hybridized carbons (Fsp3) is 0.250. The van der Waals surface area contributed by atoms with Gasteiger partial charge in [-0.15, -0.1) is 0 Å². The molecule has 0 unspecified atom stereocenters. The molecule has 0 radical (unpaired) electrons. The Hall–Kier alpha value is -3.15. The van der Waals surface area contributed by atoms with Crippen LogP contribution in [0, 0.1) is 0 Å². The zero-order valence-corrected chi connectivity index (χ0v) is 14.9. The van der Waals surface area contributed by atoms with E-state index in [2.05, 4.69) is 4.98 Å². The molecule has 26 heavy (non-hydrogen) atoms. The smallest absolute Gasteiger partial charge is 0.269 e. The number of benzene rings is 2. The maximum atomic E-state index is 12.8. The van der Waals surface area contributed by atoms with Gasteiger partial charge in [0.2, 0.25) is 5.91 Å². The van der Waals surface area contributed by atoms with Crippen molar-refractivity contribution < 1.29 is 9.53 Å². The normalized spacial score (nSPS) is 10.7. The Kier molecular flexibility index (Phi) is 5.31. The second-order valence-corrected chi connectivity index (χ2v) is 5.93. The van der Waals surface area contributed by atoms with Crippen LogP contribution in [0.15, 0.2) is 59.5 Å². The van der Waals surface area contributed by atoms with Crippen LogP contribution in [0.25, 0.3) is 11.0 Å². The van der Waals surface area contributed by atoms with Crippen LogP contribution in [0.1, 0.15) is 12.5 Å². The highest BCUT2D eigenvalue weighted by atomic mass is 16.5. The second kappa shape index (κ2) is 7.82. The first-order valence-electron chi connectivity index (χ1n) is 8.47. The summed E-state index contributed by atoms with van der Waals surface area (Å²) < 4.78 is 6.63. The Morgan fingerprint density at radius 3 is 2.58 bits per heavy atom. The van der Waals surface area contributed by atoms with Gasteiger partial charge in [0, 0.05) is 13.1 Å². The lowest BCUT2D eigenvalue weighted by atomic mass is 10.2. The van der Waals surface area contributed by atoms with Crippen LogP contribution in [0.5, 0.6) is 5.75 Å². The first-order valence-corrected chi connectivity index (χ1v) is 8.47. The molecule has 2 aromatic carbocycles. The van der Waals surface area contributed by atoms with Crippen molar-refractivity contribution in [2.45, 2.75) is 20.0 Å². The number of aromatic nitrogens is 2. The van der Waals surface area contributed by atoms with Crippen molar-refractivity contribution >= 4 is 16.9 Å². The van der Waals surface area contributed by atoms with E-state index in [1.165, 1.54) is 10.8 Å². The number of carbonyl (C=O) groups is 1. The first-order chi connectivity index (χ1) is 12.6. The molecule has 3 rings (SSSR count). The van der Waals surface area contributed by atoms with Gasteiger partial charge in [-0.2, -0.15) is 0 Å². The minimum atomic E-state index is -0.280. The van der Waals surface area contributed by atoms with Gasteiger partial charge in [-0.05, 0) is 36.8 Å². The summed E-state index contributed by atoms with van der Waals surface area (Å²) in [7, 11) is 1.62. The van der Waals surface area contributed by atoms with E-state index >= 15 is 0 Å². The summed E-state index contributed by atoms with van der Waals surface area (Å²) in [6.45, 7) is 2.96. The number of methoxy groups -OCH3 is 1. The molecule has 0 N–H and O–H groups in total. The highest BCUT2D eigenvalue weighted by molar-refractivity contribution is 5.80. The fourth-order valence-corrected chi connectivity index (χ4v) is 2.84. The molecule has 3 aromatic rings. The number of ether oxygens (including phenoxy) is 1. The van der Waals surface area contributed by atoms with Crippen LogP contribution >= 0.6 is 0 Å². The average Bonchev–Trinajstić information content (AvgIpc) is 2.68. The van der Waals surface area contributed by atoms with Gasteiger partial charge in [0.05, 0.1) is 24.3 Å². The average molecular weight is 351 g/mol. The Bertz CT molecular complexity index is 964. The third-order valence-corrected chi connectivity index (χ3v) is 4.31. The number of rotatable bonds is 6. The summed E-state index contributed by atoms with van der Waals surface area (Å²) in [5, 5.41) is 0. The highest BCUT2D eigenvalue weighted by Crippen LogP contribution is 2.14. The van der Waals surface area contributed by atoms with E-state index in [1.807, 2.05) is 49.4 Å². The molecule has 0 bridgehead atoms. The van der Waals surface area contributed by atoms with Crippen LogP contribution in [0.4, 0.5) is 0 Å². The number of fused-ring (bicyclic) bond motifs is 1. The van der Waals surface area contributed by atoms with Gasteiger partial charge >= 0.3 is 0 Å². The van der Waals surface area contributed by atoms with E-state index in [9.17, 15) is 9.59 Å². The third-order valence-electron chi connectivity index (χ3n) is 4.31. The Balaban J connectivity index is 1.81. The predicted octanol–water partition coefficient (Wildman–Crippen LogP) is 2.45. The standard InChI is InChI=1S/C20H21N3O3/c1-3-22(13-15-8-10-16(26-2)11-9-15)20(25)14-23-18-7-5-4-6-17(18)21-12-19(23)24/h4-12H,3,13-14H2,1-2H3. The topological polar surface area (TPSA) is 64.4 Å². The Morgan fingerprint density at radius 1 is 1.15 bits per heavy atom. The van der Waals surface area contributed by atoms with E-state index in [-0.39, 0.29) is 18.0 Å². The molecule has 0 aliphatic heterocycles. The van der Waals surface area contributed by atoms with E-state index in [4.69, 9.17) is 4.74 Å². The van der Waals surface area contributed by atoms with Crippen LogP contribution in [-0.4, -0.2) is 34.0 Å². The lowest BCUT2D eigenvalue weighted by Crippen LogP contribution is -2.36. The second-order valence-electron chi connectivity index (χ2n) is 5.93. The zero-order chi connectivity index (χ0) is 18.5. The first kappa shape index (κ1) is 17.7. The molecule has 6 nitrogen and oxygen atoms in total.